The SMILES string of the molecule is Cc1cc(C(=O)N(C)C2CCN(Cc3ccc(C#N)cc3F)CC2)nn1C. The summed E-state index contributed by atoms with van der Waals surface area (Å²) in [4.78, 5) is 16.6. The Kier molecular flexibility index (Phi) is 5.57. The van der Waals surface area contributed by atoms with Crippen LogP contribution >= 0.6 is 0 Å². The number of piperidine rings is 1. The van der Waals surface area contributed by atoms with Crippen LogP contribution in [0.1, 0.15) is 40.2 Å². The molecule has 0 atom stereocenters. The number of halogens is 1. The van der Waals surface area contributed by atoms with E-state index in [1.165, 1.54) is 6.07 Å². The van der Waals surface area contributed by atoms with Crippen LogP contribution in [0.2, 0.25) is 0 Å². The van der Waals surface area contributed by atoms with Crippen LogP contribution in [0.4, 0.5) is 4.39 Å². The van der Waals surface area contributed by atoms with Crippen molar-refractivity contribution in [3.05, 3.63) is 52.6 Å². The monoisotopic (exact) mass is 369 g/mol. The zero-order valence-electron chi connectivity index (χ0n) is 15.9. The van der Waals surface area contributed by atoms with Crippen molar-refractivity contribution in [2.24, 2.45) is 7.05 Å². The molecule has 0 unspecified atom stereocenters. The molecule has 1 aliphatic heterocycles. The van der Waals surface area contributed by atoms with E-state index in [0.29, 0.717) is 23.4 Å². The van der Waals surface area contributed by atoms with Crippen molar-refractivity contribution >= 4 is 5.91 Å². The number of nitriles is 1. The Labute approximate surface area is 158 Å². The van der Waals surface area contributed by atoms with Crippen LogP contribution in [0, 0.1) is 24.1 Å². The largest absolute Gasteiger partial charge is 0.337 e. The van der Waals surface area contributed by atoms with Crippen LogP contribution in [0.5, 0.6) is 0 Å². The maximum absolute atomic E-state index is 14.1. The lowest BCUT2D eigenvalue weighted by atomic mass is 10.0. The van der Waals surface area contributed by atoms with Gasteiger partial charge in [-0.3, -0.25) is 14.4 Å². The van der Waals surface area contributed by atoms with E-state index in [2.05, 4.69) is 10.00 Å². The number of nitrogens with zero attached hydrogens (tertiary/aromatic N) is 5. The van der Waals surface area contributed by atoms with Crippen molar-refractivity contribution < 1.29 is 9.18 Å². The molecule has 1 saturated heterocycles. The number of hydrogen-bond acceptors (Lipinski definition) is 4. The maximum Gasteiger partial charge on any atom is 0.274 e. The number of carbonyl (C=O) groups excluding carboxylic acids is 1. The molecule has 0 saturated carbocycles. The summed E-state index contributed by atoms with van der Waals surface area (Å²) in [6, 6.07) is 8.52. The quantitative estimate of drug-likeness (QED) is 0.831. The average molecular weight is 369 g/mol. The first-order valence-corrected chi connectivity index (χ1v) is 9.07. The van der Waals surface area contributed by atoms with Gasteiger partial charge in [-0.25, -0.2) is 4.39 Å². The summed E-state index contributed by atoms with van der Waals surface area (Å²) in [6.45, 7) is 4.03. The molecule has 0 aliphatic carbocycles. The topological polar surface area (TPSA) is 65.2 Å². The van der Waals surface area contributed by atoms with Crippen LogP contribution in [-0.2, 0) is 13.6 Å². The lowest BCUT2D eigenvalue weighted by Gasteiger charge is -2.36. The molecule has 0 spiro atoms. The molecule has 27 heavy (non-hydrogen) atoms. The number of benzene rings is 1. The van der Waals surface area contributed by atoms with Crippen molar-refractivity contribution in [3.8, 4) is 6.07 Å². The highest BCUT2D eigenvalue weighted by Gasteiger charge is 2.27. The molecule has 6 nitrogen and oxygen atoms in total. The van der Waals surface area contributed by atoms with Gasteiger partial charge in [-0.05, 0) is 38.0 Å². The van der Waals surface area contributed by atoms with Crippen molar-refractivity contribution in [2.45, 2.75) is 32.4 Å². The lowest BCUT2D eigenvalue weighted by molar-refractivity contribution is 0.0629. The molecule has 1 fully saturated rings. The van der Waals surface area contributed by atoms with E-state index in [1.807, 2.05) is 33.2 Å². The van der Waals surface area contributed by atoms with Gasteiger partial charge < -0.3 is 4.90 Å². The Hall–Kier alpha value is -2.72. The fourth-order valence-corrected chi connectivity index (χ4v) is 3.46. The first-order valence-electron chi connectivity index (χ1n) is 9.07. The molecule has 1 aromatic heterocycles. The number of carbonyl (C=O) groups is 1. The molecule has 0 bridgehead atoms. The molecule has 2 heterocycles. The molecule has 1 aromatic carbocycles. The van der Waals surface area contributed by atoms with Gasteiger partial charge in [0.2, 0.25) is 0 Å². The van der Waals surface area contributed by atoms with Gasteiger partial charge in [0.25, 0.3) is 5.91 Å². The van der Waals surface area contributed by atoms with Gasteiger partial charge in [0, 0.05) is 51.0 Å². The van der Waals surface area contributed by atoms with E-state index in [4.69, 9.17) is 5.26 Å². The lowest BCUT2D eigenvalue weighted by Crippen LogP contribution is -2.45. The predicted octanol–water partition coefficient (Wildman–Crippen LogP) is 2.48. The molecule has 0 N–H and O–H groups in total. The van der Waals surface area contributed by atoms with Gasteiger partial charge in [-0.2, -0.15) is 10.4 Å². The van der Waals surface area contributed by atoms with Crippen LogP contribution < -0.4 is 0 Å². The fourth-order valence-electron chi connectivity index (χ4n) is 3.46. The Bertz CT molecular complexity index is 857. The molecule has 1 amide bonds. The van der Waals surface area contributed by atoms with Gasteiger partial charge in [-0.1, -0.05) is 6.07 Å². The van der Waals surface area contributed by atoms with Crippen LogP contribution in [0.25, 0.3) is 0 Å². The zero-order chi connectivity index (χ0) is 19.6. The summed E-state index contributed by atoms with van der Waals surface area (Å²) in [6.07, 6.45) is 1.68. The van der Waals surface area contributed by atoms with E-state index in [0.717, 1.165) is 31.6 Å². The fraction of sp³-hybridized carbons (Fsp3) is 0.450. The standard InChI is InChI=1S/C20H24FN5O/c1-14-10-19(23-25(14)3)20(27)24(2)17-6-8-26(9-7-17)13-16-5-4-15(12-22)11-18(16)21/h4-5,10-11,17H,6-9,13H2,1-3H3. The van der Waals surface area contributed by atoms with E-state index in [9.17, 15) is 9.18 Å². The van der Waals surface area contributed by atoms with Gasteiger partial charge in [0.1, 0.15) is 5.82 Å². The number of likely N-dealkylation sites (tertiary alicyclic amines) is 1. The summed E-state index contributed by atoms with van der Waals surface area (Å²) in [5.74, 6) is -0.399. The first kappa shape index (κ1) is 19.1. The zero-order valence-corrected chi connectivity index (χ0v) is 15.9. The summed E-state index contributed by atoms with van der Waals surface area (Å²) in [5, 5.41) is 13.1. The third kappa shape index (κ3) is 4.17. The molecule has 2 aromatic rings. The van der Waals surface area contributed by atoms with Gasteiger partial charge in [0.15, 0.2) is 5.69 Å². The van der Waals surface area contributed by atoms with E-state index >= 15 is 0 Å². The van der Waals surface area contributed by atoms with Gasteiger partial charge in [-0.15, -0.1) is 0 Å². The number of hydrogen-bond donors (Lipinski definition) is 0. The third-order valence-electron chi connectivity index (χ3n) is 5.33. The number of aromatic nitrogens is 2. The van der Waals surface area contributed by atoms with E-state index in [1.54, 1.807) is 21.7 Å². The highest BCUT2D eigenvalue weighted by Crippen LogP contribution is 2.20. The predicted molar refractivity (Wildman–Crippen MR) is 99.5 cm³/mol. The highest BCUT2D eigenvalue weighted by atomic mass is 19.1. The second-order valence-electron chi connectivity index (χ2n) is 7.14. The molecule has 3 rings (SSSR count). The summed E-state index contributed by atoms with van der Waals surface area (Å²) in [7, 11) is 3.65. The van der Waals surface area contributed by atoms with Crippen molar-refractivity contribution in [3.63, 3.8) is 0 Å². The molecule has 142 valence electrons. The van der Waals surface area contributed by atoms with Crippen molar-refractivity contribution in [1.82, 2.24) is 19.6 Å². The van der Waals surface area contributed by atoms with Crippen molar-refractivity contribution in [1.29, 1.82) is 5.26 Å². The van der Waals surface area contributed by atoms with Crippen LogP contribution in [0.3, 0.4) is 0 Å². The van der Waals surface area contributed by atoms with Crippen LogP contribution in [0.15, 0.2) is 24.3 Å². The number of rotatable bonds is 4. The molecule has 7 heteroatoms. The Balaban J connectivity index is 1.57. The molecule has 0 radical (unpaired) electrons. The third-order valence-corrected chi connectivity index (χ3v) is 5.33. The smallest absolute Gasteiger partial charge is 0.274 e. The number of amides is 1. The van der Waals surface area contributed by atoms with E-state index in [-0.39, 0.29) is 17.8 Å². The van der Waals surface area contributed by atoms with E-state index < -0.39 is 0 Å². The van der Waals surface area contributed by atoms with Crippen LogP contribution in [-0.4, -0.2) is 51.7 Å². The minimum Gasteiger partial charge on any atom is -0.337 e. The van der Waals surface area contributed by atoms with Gasteiger partial charge >= 0.3 is 0 Å². The van der Waals surface area contributed by atoms with Crippen molar-refractivity contribution in [2.75, 3.05) is 20.1 Å². The highest BCUT2D eigenvalue weighted by molar-refractivity contribution is 5.92. The minimum atomic E-state index is -0.339. The Morgan fingerprint density at radius 3 is 2.63 bits per heavy atom. The summed E-state index contributed by atoms with van der Waals surface area (Å²) in [5.41, 5.74) is 2.35. The molecule has 1 aliphatic rings. The first-order chi connectivity index (χ1) is 12.9. The maximum atomic E-state index is 14.1. The Morgan fingerprint density at radius 1 is 1.37 bits per heavy atom. The minimum absolute atomic E-state index is 0.0599. The molecular weight excluding hydrogens is 345 g/mol. The summed E-state index contributed by atoms with van der Waals surface area (Å²) < 4.78 is 15.8. The second kappa shape index (κ2) is 7.89. The second-order valence-corrected chi connectivity index (χ2v) is 7.14. The summed E-state index contributed by atoms with van der Waals surface area (Å²) >= 11 is 0. The number of aryl methyl sites for hydroxylation is 2. The normalized spacial score (nSPS) is 15.5. The molecular formula is C20H24FN5O. The van der Waals surface area contributed by atoms with Gasteiger partial charge in [0.05, 0.1) is 11.6 Å². The average Bonchev–Trinajstić information content (AvgIpc) is 3.01. The Morgan fingerprint density at radius 2 is 2.07 bits per heavy atom.